The Bertz CT molecular complexity index is 1000. The number of carbonyl (C=O) groups excluding carboxylic acids is 1. The Labute approximate surface area is 174 Å². The van der Waals surface area contributed by atoms with Crippen molar-refractivity contribution in [3.05, 3.63) is 64.7 Å². The molecule has 29 heavy (non-hydrogen) atoms. The molecule has 0 radical (unpaired) electrons. The predicted octanol–water partition coefficient (Wildman–Crippen LogP) is 4.04. The third-order valence-corrected chi connectivity index (χ3v) is 6.78. The number of nitrogens with zero attached hydrogens (tertiary/aromatic N) is 1. The summed E-state index contributed by atoms with van der Waals surface area (Å²) in [6.45, 7) is 5.64. The van der Waals surface area contributed by atoms with Crippen molar-refractivity contribution in [3.63, 3.8) is 0 Å². The molecular weight excluding hydrogens is 384 g/mol. The van der Waals surface area contributed by atoms with Gasteiger partial charge in [0, 0.05) is 0 Å². The van der Waals surface area contributed by atoms with E-state index in [1.54, 1.807) is 0 Å². The van der Waals surface area contributed by atoms with E-state index in [1.807, 2.05) is 51.1 Å². The maximum Gasteiger partial charge on any atom is 0.244 e. The lowest BCUT2D eigenvalue weighted by Gasteiger charge is -2.34. The van der Waals surface area contributed by atoms with Crippen molar-refractivity contribution in [2.24, 2.45) is 0 Å². The number of carbonyl (C=O) groups is 1. The van der Waals surface area contributed by atoms with Crippen molar-refractivity contribution in [1.82, 2.24) is 5.32 Å². The lowest BCUT2D eigenvalue weighted by atomic mass is 9.87. The largest absolute Gasteiger partial charge is 0.347 e. The van der Waals surface area contributed by atoms with Crippen LogP contribution >= 0.6 is 0 Å². The molecule has 0 spiro atoms. The molecule has 2 aromatic carbocycles. The van der Waals surface area contributed by atoms with Gasteiger partial charge in [-0.1, -0.05) is 43.3 Å². The second-order valence-electron chi connectivity index (χ2n) is 7.93. The van der Waals surface area contributed by atoms with Gasteiger partial charge >= 0.3 is 0 Å². The highest BCUT2D eigenvalue weighted by molar-refractivity contribution is 7.92. The molecule has 6 heteroatoms. The fourth-order valence-corrected chi connectivity index (χ4v) is 5.43. The summed E-state index contributed by atoms with van der Waals surface area (Å²) >= 11 is 0. The summed E-state index contributed by atoms with van der Waals surface area (Å²) in [6.07, 6.45) is 4.44. The highest BCUT2D eigenvalue weighted by Gasteiger charge is 2.34. The van der Waals surface area contributed by atoms with E-state index in [0.717, 1.165) is 36.0 Å². The smallest absolute Gasteiger partial charge is 0.244 e. The van der Waals surface area contributed by atoms with Crippen molar-refractivity contribution < 1.29 is 13.2 Å². The first kappa shape index (κ1) is 21.4. The van der Waals surface area contributed by atoms with Crippen LogP contribution in [0.25, 0.3) is 0 Å². The van der Waals surface area contributed by atoms with E-state index in [1.165, 1.54) is 16.1 Å². The normalized spacial score (nSPS) is 17.3. The Morgan fingerprint density at radius 1 is 1.21 bits per heavy atom. The number of anilines is 1. The molecule has 0 saturated carbocycles. The Morgan fingerprint density at radius 3 is 2.62 bits per heavy atom. The van der Waals surface area contributed by atoms with E-state index in [-0.39, 0.29) is 11.9 Å². The number of fused-ring (bicyclic) bond motifs is 1. The molecule has 0 heterocycles. The molecule has 0 unspecified atom stereocenters. The van der Waals surface area contributed by atoms with Gasteiger partial charge in [-0.25, -0.2) is 8.42 Å². The van der Waals surface area contributed by atoms with Crippen LogP contribution in [-0.4, -0.2) is 26.6 Å². The first-order chi connectivity index (χ1) is 13.7. The SMILES string of the molecule is CC[C@H](C(=O)N[C@H]1CCCc2ccccc21)N(c1cc(C)ccc1C)S(C)(=O)=O. The maximum atomic E-state index is 13.3. The average molecular weight is 415 g/mol. The minimum absolute atomic E-state index is 0.0819. The van der Waals surface area contributed by atoms with E-state index in [0.29, 0.717) is 12.1 Å². The van der Waals surface area contributed by atoms with Crippen LogP contribution in [-0.2, 0) is 21.2 Å². The summed E-state index contributed by atoms with van der Waals surface area (Å²) in [5.41, 5.74) is 4.75. The number of hydrogen-bond acceptors (Lipinski definition) is 3. The van der Waals surface area contributed by atoms with Gasteiger partial charge in [0.25, 0.3) is 0 Å². The van der Waals surface area contributed by atoms with Gasteiger partial charge < -0.3 is 5.32 Å². The third kappa shape index (κ3) is 4.64. The molecule has 0 aliphatic heterocycles. The maximum absolute atomic E-state index is 13.3. The number of aryl methyl sites for hydroxylation is 3. The van der Waals surface area contributed by atoms with Crippen LogP contribution < -0.4 is 9.62 Å². The van der Waals surface area contributed by atoms with Gasteiger partial charge in [-0.3, -0.25) is 9.10 Å². The summed E-state index contributed by atoms with van der Waals surface area (Å²) in [5, 5.41) is 3.14. The first-order valence-corrected chi connectivity index (χ1v) is 12.0. The summed E-state index contributed by atoms with van der Waals surface area (Å²) in [7, 11) is -3.64. The Morgan fingerprint density at radius 2 is 1.93 bits per heavy atom. The van der Waals surface area contributed by atoms with Gasteiger partial charge in [0.2, 0.25) is 15.9 Å². The van der Waals surface area contributed by atoms with Crippen molar-refractivity contribution in [2.45, 2.75) is 58.5 Å². The molecule has 1 amide bonds. The molecule has 2 atom stereocenters. The van der Waals surface area contributed by atoms with Crippen molar-refractivity contribution in [1.29, 1.82) is 0 Å². The topological polar surface area (TPSA) is 66.5 Å². The van der Waals surface area contributed by atoms with Crippen LogP contribution in [0.3, 0.4) is 0 Å². The minimum atomic E-state index is -3.64. The molecule has 3 rings (SSSR count). The molecule has 2 aromatic rings. The van der Waals surface area contributed by atoms with Gasteiger partial charge in [-0.2, -0.15) is 0 Å². The van der Waals surface area contributed by atoms with Crippen molar-refractivity contribution >= 4 is 21.6 Å². The summed E-state index contributed by atoms with van der Waals surface area (Å²) < 4.78 is 26.8. The second-order valence-corrected chi connectivity index (χ2v) is 9.78. The molecule has 5 nitrogen and oxygen atoms in total. The molecule has 1 N–H and O–H groups in total. The van der Waals surface area contributed by atoms with Gasteiger partial charge in [-0.05, 0) is 67.9 Å². The number of benzene rings is 2. The fraction of sp³-hybridized carbons (Fsp3) is 0.435. The van der Waals surface area contributed by atoms with E-state index < -0.39 is 16.1 Å². The highest BCUT2D eigenvalue weighted by atomic mass is 32.2. The molecule has 1 aliphatic carbocycles. The number of hydrogen-bond donors (Lipinski definition) is 1. The van der Waals surface area contributed by atoms with Crippen LogP contribution in [0.2, 0.25) is 0 Å². The first-order valence-electron chi connectivity index (χ1n) is 10.2. The van der Waals surface area contributed by atoms with Gasteiger partial charge in [0.15, 0.2) is 0 Å². The lowest BCUT2D eigenvalue weighted by Crippen LogP contribution is -2.50. The summed E-state index contributed by atoms with van der Waals surface area (Å²) in [6, 6.07) is 13.0. The molecule has 156 valence electrons. The zero-order chi connectivity index (χ0) is 21.2. The van der Waals surface area contributed by atoms with Crippen LogP contribution in [0.1, 0.15) is 54.5 Å². The fourth-order valence-electron chi connectivity index (χ4n) is 4.16. The van der Waals surface area contributed by atoms with Crippen LogP contribution in [0.4, 0.5) is 5.69 Å². The molecular formula is C23H30N2O3S. The number of rotatable bonds is 6. The van der Waals surface area contributed by atoms with Gasteiger partial charge in [0.1, 0.15) is 6.04 Å². The summed E-state index contributed by atoms with van der Waals surface area (Å²) in [4.78, 5) is 13.3. The quantitative estimate of drug-likeness (QED) is 0.776. The number of sulfonamides is 1. The van der Waals surface area contributed by atoms with Crippen molar-refractivity contribution in [2.75, 3.05) is 10.6 Å². The standard InChI is InChI=1S/C23H30N2O3S/c1-5-21(25(29(4,27)28)22-15-16(2)13-14-17(22)3)23(26)24-20-12-8-10-18-9-6-7-11-19(18)20/h6-7,9,11,13-15,20-21H,5,8,10,12H2,1-4H3,(H,24,26)/t20-,21+/m0/s1. The van der Waals surface area contributed by atoms with E-state index in [9.17, 15) is 13.2 Å². The van der Waals surface area contributed by atoms with Crippen LogP contribution in [0.15, 0.2) is 42.5 Å². The van der Waals surface area contributed by atoms with Gasteiger partial charge in [-0.15, -0.1) is 0 Å². The van der Waals surface area contributed by atoms with Gasteiger partial charge in [0.05, 0.1) is 18.0 Å². The second kappa shape index (κ2) is 8.57. The van der Waals surface area contributed by atoms with E-state index in [2.05, 4.69) is 17.4 Å². The number of nitrogens with one attached hydrogen (secondary N) is 1. The Balaban J connectivity index is 1.94. The number of amides is 1. The van der Waals surface area contributed by atoms with E-state index in [4.69, 9.17) is 0 Å². The molecule has 0 saturated heterocycles. The molecule has 1 aliphatic rings. The lowest BCUT2D eigenvalue weighted by molar-refractivity contribution is -0.123. The molecule has 0 aromatic heterocycles. The summed E-state index contributed by atoms with van der Waals surface area (Å²) in [5.74, 6) is -0.250. The third-order valence-electron chi connectivity index (χ3n) is 5.62. The monoisotopic (exact) mass is 414 g/mol. The zero-order valence-corrected chi connectivity index (χ0v) is 18.4. The zero-order valence-electron chi connectivity index (χ0n) is 17.6. The Hall–Kier alpha value is -2.34. The predicted molar refractivity (Wildman–Crippen MR) is 118 cm³/mol. The van der Waals surface area contributed by atoms with E-state index >= 15 is 0 Å². The Kier molecular flexibility index (Phi) is 6.32. The minimum Gasteiger partial charge on any atom is -0.347 e. The average Bonchev–Trinajstić information content (AvgIpc) is 2.67. The van der Waals surface area contributed by atoms with Crippen molar-refractivity contribution in [3.8, 4) is 0 Å². The molecule has 0 bridgehead atoms. The molecule has 0 fully saturated rings. The van der Waals surface area contributed by atoms with Crippen LogP contribution in [0, 0.1) is 13.8 Å². The van der Waals surface area contributed by atoms with Crippen LogP contribution in [0.5, 0.6) is 0 Å². The highest BCUT2D eigenvalue weighted by Crippen LogP contribution is 2.31.